The molecule has 2 rings (SSSR count). The Bertz CT molecular complexity index is 749. The van der Waals surface area contributed by atoms with Crippen LogP contribution in [0.3, 0.4) is 0 Å². The van der Waals surface area contributed by atoms with E-state index in [1.54, 1.807) is 13.1 Å². The standard InChI is InChI=1S/C19H25IN2O3/c1-14-17(11-21-22(18(14)23)19(2,3)4)25-13-16-7-5-15(6-8-16)12-24-10-9-20/h5-8,11H,9-10,12-13H2,1-4H3. The summed E-state index contributed by atoms with van der Waals surface area (Å²) in [5, 5.41) is 4.24. The first-order valence-electron chi connectivity index (χ1n) is 8.26. The van der Waals surface area contributed by atoms with Crippen LogP contribution in [0, 0.1) is 6.92 Å². The molecule has 0 unspecified atom stereocenters. The fourth-order valence-corrected chi connectivity index (χ4v) is 2.60. The summed E-state index contributed by atoms with van der Waals surface area (Å²) in [6.07, 6.45) is 1.62. The fraction of sp³-hybridized carbons (Fsp3) is 0.474. The normalized spacial score (nSPS) is 11.6. The van der Waals surface area contributed by atoms with Crippen molar-refractivity contribution in [2.75, 3.05) is 11.0 Å². The fourth-order valence-electron chi connectivity index (χ4n) is 2.28. The van der Waals surface area contributed by atoms with Crippen molar-refractivity contribution in [1.29, 1.82) is 0 Å². The summed E-state index contributed by atoms with van der Waals surface area (Å²) in [5.74, 6) is 0.528. The third-order valence-corrected chi connectivity index (χ3v) is 4.16. The Labute approximate surface area is 162 Å². The molecule has 25 heavy (non-hydrogen) atoms. The minimum Gasteiger partial charge on any atom is -0.487 e. The summed E-state index contributed by atoms with van der Waals surface area (Å²) in [7, 11) is 0. The van der Waals surface area contributed by atoms with Gasteiger partial charge in [0.05, 0.1) is 30.5 Å². The van der Waals surface area contributed by atoms with Gasteiger partial charge in [0, 0.05) is 4.43 Å². The van der Waals surface area contributed by atoms with Crippen molar-refractivity contribution in [3.63, 3.8) is 0 Å². The number of hydrogen-bond donors (Lipinski definition) is 0. The third kappa shape index (κ3) is 5.54. The van der Waals surface area contributed by atoms with E-state index in [0.29, 0.717) is 24.5 Å². The molecule has 1 aromatic carbocycles. The van der Waals surface area contributed by atoms with Crippen LogP contribution in [-0.4, -0.2) is 20.8 Å². The number of benzene rings is 1. The Hall–Kier alpha value is -1.41. The second-order valence-corrected chi connectivity index (χ2v) is 7.95. The van der Waals surface area contributed by atoms with Gasteiger partial charge in [-0.25, -0.2) is 4.68 Å². The number of alkyl halides is 1. The van der Waals surface area contributed by atoms with E-state index >= 15 is 0 Å². The number of rotatable bonds is 7. The van der Waals surface area contributed by atoms with Crippen molar-refractivity contribution in [3.8, 4) is 5.75 Å². The van der Waals surface area contributed by atoms with Crippen molar-refractivity contribution in [3.05, 3.63) is 57.5 Å². The molecule has 1 aromatic heterocycles. The van der Waals surface area contributed by atoms with Crippen LogP contribution in [-0.2, 0) is 23.5 Å². The van der Waals surface area contributed by atoms with Gasteiger partial charge in [-0.05, 0) is 38.8 Å². The number of nitrogens with zero attached hydrogens (tertiary/aromatic N) is 2. The zero-order valence-electron chi connectivity index (χ0n) is 15.2. The van der Waals surface area contributed by atoms with Gasteiger partial charge in [0.2, 0.25) is 0 Å². The van der Waals surface area contributed by atoms with Crippen LogP contribution in [0.15, 0.2) is 35.3 Å². The Morgan fingerprint density at radius 1 is 1.12 bits per heavy atom. The molecule has 1 heterocycles. The van der Waals surface area contributed by atoms with Crippen molar-refractivity contribution < 1.29 is 9.47 Å². The van der Waals surface area contributed by atoms with E-state index in [4.69, 9.17) is 9.47 Å². The van der Waals surface area contributed by atoms with Crippen LogP contribution in [0.5, 0.6) is 5.75 Å². The molecule has 136 valence electrons. The molecule has 0 aliphatic heterocycles. The van der Waals surface area contributed by atoms with E-state index in [-0.39, 0.29) is 11.1 Å². The number of hydrogen-bond acceptors (Lipinski definition) is 4. The molecule has 0 amide bonds. The van der Waals surface area contributed by atoms with Crippen LogP contribution in [0.1, 0.15) is 37.5 Å². The highest BCUT2D eigenvalue weighted by atomic mass is 127. The highest BCUT2D eigenvalue weighted by Gasteiger charge is 2.18. The molecule has 0 saturated carbocycles. The Morgan fingerprint density at radius 2 is 1.72 bits per heavy atom. The number of aromatic nitrogens is 2. The SMILES string of the molecule is Cc1c(OCc2ccc(COCCI)cc2)cnn(C(C)(C)C)c1=O. The monoisotopic (exact) mass is 456 g/mol. The van der Waals surface area contributed by atoms with E-state index in [0.717, 1.165) is 22.2 Å². The van der Waals surface area contributed by atoms with Crippen LogP contribution in [0.4, 0.5) is 0 Å². The van der Waals surface area contributed by atoms with Crippen LogP contribution in [0.2, 0.25) is 0 Å². The topological polar surface area (TPSA) is 53.4 Å². The zero-order chi connectivity index (χ0) is 18.4. The first-order chi connectivity index (χ1) is 11.8. The molecule has 0 radical (unpaired) electrons. The molecule has 0 bridgehead atoms. The minimum absolute atomic E-state index is 0.118. The molecule has 0 N–H and O–H groups in total. The summed E-state index contributed by atoms with van der Waals surface area (Å²) in [6.45, 7) is 9.41. The van der Waals surface area contributed by atoms with Crippen molar-refractivity contribution >= 4 is 22.6 Å². The first-order valence-corrected chi connectivity index (χ1v) is 9.79. The molecule has 0 atom stereocenters. The van der Waals surface area contributed by atoms with Gasteiger partial charge in [-0.1, -0.05) is 46.9 Å². The molecule has 0 fully saturated rings. The van der Waals surface area contributed by atoms with E-state index in [2.05, 4.69) is 27.7 Å². The third-order valence-electron chi connectivity index (χ3n) is 3.72. The molecule has 5 nitrogen and oxygen atoms in total. The molecule has 0 saturated heterocycles. The van der Waals surface area contributed by atoms with Gasteiger partial charge in [0.1, 0.15) is 12.4 Å². The lowest BCUT2D eigenvalue weighted by atomic mass is 10.1. The van der Waals surface area contributed by atoms with Crippen molar-refractivity contribution in [1.82, 2.24) is 9.78 Å². The summed E-state index contributed by atoms with van der Waals surface area (Å²) in [4.78, 5) is 12.4. The van der Waals surface area contributed by atoms with Gasteiger partial charge >= 0.3 is 0 Å². The minimum atomic E-state index is -0.352. The second kappa shape index (κ2) is 8.80. The Balaban J connectivity index is 2.02. The summed E-state index contributed by atoms with van der Waals surface area (Å²) < 4.78 is 13.8. The predicted molar refractivity (Wildman–Crippen MR) is 108 cm³/mol. The molecule has 6 heteroatoms. The zero-order valence-corrected chi connectivity index (χ0v) is 17.4. The lowest BCUT2D eigenvalue weighted by molar-refractivity contribution is 0.138. The summed E-state index contributed by atoms with van der Waals surface area (Å²) in [6, 6.07) is 8.10. The van der Waals surface area contributed by atoms with E-state index in [1.807, 2.05) is 45.0 Å². The van der Waals surface area contributed by atoms with Gasteiger partial charge in [0.25, 0.3) is 5.56 Å². The molecule has 0 aliphatic rings. The second-order valence-electron chi connectivity index (χ2n) is 6.87. The maximum absolute atomic E-state index is 12.4. The molecule has 0 spiro atoms. The Morgan fingerprint density at radius 3 is 2.28 bits per heavy atom. The van der Waals surface area contributed by atoms with Crippen molar-refractivity contribution in [2.45, 2.75) is 46.4 Å². The lowest BCUT2D eigenvalue weighted by Gasteiger charge is -2.21. The quantitative estimate of drug-likeness (QED) is 0.361. The first kappa shape index (κ1) is 19.9. The predicted octanol–water partition coefficient (Wildman–Crippen LogP) is 3.84. The lowest BCUT2D eigenvalue weighted by Crippen LogP contribution is -2.37. The number of ether oxygens (including phenoxy) is 2. The molecular weight excluding hydrogens is 431 g/mol. The van der Waals surface area contributed by atoms with Crippen LogP contribution < -0.4 is 10.3 Å². The highest BCUT2D eigenvalue weighted by molar-refractivity contribution is 14.1. The van der Waals surface area contributed by atoms with E-state index in [9.17, 15) is 4.79 Å². The van der Waals surface area contributed by atoms with Crippen LogP contribution in [0.25, 0.3) is 0 Å². The van der Waals surface area contributed by atoms with Gasteiger partial charge in [-0.2, -0.15) is 5.10 Å². The van der Waals surface area contributed by atoms with E-state index < -0.39 is 0 Å². The smallest absolute Gasteiger partial charge is 0.273 e. The van der Waals surface area contributed by atoms with E-state index in [1.165, 1.54) is 4.68 Å². The van der Waals surface area contributed by atoms with Crippen molar-refractivity contribution in [2.24, 2.45) is 0 Å². The van der Waals surface area contributed by atoms with Crippen LogP contribution >= 0.6 is 22.6 Å². The number of halogens is 1. The van der Waals surface area contributed by atoms with Gasteiger partial charge in [-0.15, -0.1) is 0 Å². The van der Waals surface area contributed by atoms with Gasteiger partial charge in [0.15, 0.2) is 0 Å². The molecular formula is C19H25IN2O3. The molecule has 0 aliphatic carbocycles. The maximum atomic E-state index is 12.4. The summed E-state index contributed by atoms with van der Waals surface area (Å²) >= 11 is 2.29. The summed E-state index contributed by atoms with van der Waals surface area (Å²) in [5.41, 5.74) is 2.29. The largest absolute Gasteiger partial charge is 0.487 e. The average Bonchev–Trinajstić information content (AvgIpc) is 2.56. The highest BCUT2D eigenvalue weighted by Crippen LogP contribution is 2.17. The van der Waals surface area contributed by atoms with Gasteiger partial charge in [-0.3, -0.25) is 4.79 Å². The molecule has 2 aromatic rings. The maximum Gasteiger partial charge on any atom is 0.273 e. The average molecular weight is 456 g/mol. The Kier molecular flexibility index (Phi) is 7.01. The van der Waals surface area contributed by atoms with Gasteiger partial charge < -0.3 is 9.47 Å².